The van der Waals surface area contributed by atoms with E-state index in [0.29, 0.717) is 17.2 Å². The summed E-state index contributed by atoms with van der Waals surface area (Å²) in [5.41, 5.74) is 6.26. The third-order valence-electron chi connectivity index (χ3n) is 2.31. The third-order valence-corrected chi connectivity index (χ3v) is 3.27. The molecule has 0 unspecified atom stereocenters. The Labute approximate surface area is 115 Å². The topological polar surface area (TPSA) is 48.1 Å². The Morgan fingerprint density at radius 2 is 2.00 bits per heavy atom. The van der Waals surface area contributed by atoms with Crippen LogP contribution in [-0.4, -0.2) is 16.2 Å². The van der Waals surface area contributed by atoms with Crippen LogP contribution in [0.4, 0.5) is 0 Å². The quantitative estimate of drug-likeness (QED) is 0.686. The van der Waals surface area contributed by atoms with Crippen LogP contribution in [0.25, 0.3) is 0 Å². The molecule has 5 heteroatoms. The van der Waals surface area contributed by atoms with Crippen molar-refractivity contribution in [2.24, 2.45) is 5.73 Å². The van der Waals surface area contributed by atoms with E-state index < -0.39 is 0 Å². The van der Waals surface area contributed by atoms with E-state index in [9.17, 15) is 0 Å². The molecule has 2 aromatic rings. The van der Waals surface area contributed by atoms with Crippen LogP contribution in [0.15, 0.2) is 47.5 Å². The number of aromatic nitrogens is 1. The molecular formula is C13H12N2OS2. The summed E-state index contributed by atoms with van der Waals surface area (Å²) in [6, 6.07) is 11.3. The molecule has 1 aromatic carbocycles. The molecular weight excluding hydrogens is 264 g/mol. The predicted molar refractivity (Wildman–Crippen MR) is 78.4 cm³/mol. The van der Waals surface area contributed by atoms with Gasteiger partial charge in [-0.1, -0.05) is 12.2 Å². The molecule has 1 aromatic heterocycles. The van der Waals surface area contributed by atoms with Crippen molar-refractivity contribution in [3.05, 3.63) is 48.2 Å². The fourth-order valence-corrected chi connectivity index (χ4v) is 1.98. The van der Waals surface area contributed by atoms with E-state index in [0.717, 1.165) is 0 Å². The Balaban J connectivity index is 2.25. The summed E-state index contributed by atoms with van der Waals surface area (Å²) in [5.74, 6) is 1.14. The Morgan fingerprint density at radius 3 is 2.61 bits per heavy atom. The number of benzene rings is 1. The summed E-state index contributed by atoms with van der Waals surface area (Å²) in [5, 5.41) is 0. The molecule has 2 N–H and O–H groups in total. The minimum absolute atomic E-state index is 0.277. The van der Waals surface area contributed by atoms with Crippen molar-refractivity contribution in [1.29, 1.82) is 0 Å². The molecule has 0 atom stereocenters. The molecule has 3 nitrogen and oxygen atoms in total. The highest BCUT2D eigenvalue weighted by Gasteiger charge is 2.08. The molecule has 0 aliphatic rings. The zero-order valence-corrected chi connectivity index (χ0v) is 11.4. The van der Waals surface area contributed by atoms with E-state index >= 15 is 0 Å². The zero-order chi connectivity index (χ0) is 13.0. The van der Waals surface area contributed by atoms with Gasteiger partial charge in [0.25, 0.3) is 0 Å². The fourth-order valence-electron chi connectivity index (χ4n) is 1.42. The van der Waals surface area contributed by atoms with Crippen LogP contribution in [-0.2, 0) is 0 Å². The first kappa shape index (κ1) is 12.9. The van der Waals surface area contributed by atoms with Crippen molar-refractivity contribution in [3.8, 4) is 11.6 Å². The standard InChI is InChI=1S/C13H12N2OS2/c1-18-10-6-4-9(5-7-10)16-13-11(12(14)17)3-2-8-15-13/h2-8H,1H3,(H2,14,17). The molecule has 0 saturated carbocycles. The minimum atomic E-state index is 0.277. The summed E-state index contributed by atoms with van der Waals surface area (Å²) in [6.07, 6.45) is 3.67. The summed E-state index contributed by atoms with van der Waals surface area (Å²) < 4.78 is 5.68. The lowest BCUT2D eigenvalue weighted by molar-refractivity contribution is 0.461. The van der Waals surface area contributed by atoms with Crippen molar-refractivity contribution < 1.29 is 4.74 Å². The predicted octanol–water partition coefficient (Wildman–Crippen LogP) is 3.23. The summed E-state index contributed by atoms with van der Waals surface area (Å²) in [6.45, 7) is 0. The highest BCUT2D eigenvalue weighted by atomic mass is 32.2. The van der Waals surface area contributed by atoms with Crippen LogP contribution in [0.5, 0.6) is 11.6 Å². The van der Waals surface area contributed by atoms with Crippen LogP contribution >= 0.6 is 24.0 Å². The Bertz CT molecular complexity index is 555. The van der Waals surface area contributed by atoms with Gasteiger partial charge in [-0.2, -0.15) is 0 Å². The fraction of sp³-hybridized carbons (Fsp3) is 0.0769. The van der Waals surface area contributed by atoms with Gasteiger partial charge in [-0.15, -0.1) is 11.8 Å². The molecule has 0 aliphatic heterocycles. The Hall–Kier alpha value is -1.59. The monoisotopic (exact) mass is 276 g/mol. The normalized spacial score (nSPS) is 10.1. The largest absolute Gasteiger partial charge is 0.438 e. The first-order valence-electron chi connectivity index (χ1n) is 5.27. The van der Waals surface area contributed by atoms with Gasteiger partial charge in [-0.3, -0.25) is 0 Å². The van der Waals surface area contributed by atoms with Gasteiger partial charge in [0.1, 0.15) is 10.7 Å². The molecule has 0 saturated heterocycles. The summed E-state index contributed by atoms with van der Waals surface area (Å²) in [7, 11) is 0. The first-order valence-corrected chi connectivity index (χ1v) is 6.90. The highest BCUT2D eigenvalue weighted by molar-refractivity contribution is 7.98. The van der Waals surface area contributed by atoms with Crippen molar-refractivity contribution in [2.45, 2.75) is 4.90 Å². The van der Waals surface area contributed by atoms with Crippen LogP contribution in [0, 0.1) is 0 Å². The van der Waals surface area contributed by atoms with Crippen molar-refractivity contribution in [3.63, 3.8) is 0 Å². The van der Waals surface area contributed by atoms with Gasteiger partial charge in [0, 0.05) is 11.1 Å². The lowest BCUT2D eigenvalue weighted by Gasteiger charge is -2.08. The van der Waals surface area contributed by atoms with E-state index in [1.165, 1.54) is 4.90 Å². The van der Waals surface area contributed by atoms with Gasteiger partial charge in [-0.05, 0) is 42.7 Å². The van der Waals surface area contributed by atoms with Gasteiger partial charge in [0.05, 0.1) is 5.56 Å². The Kier molecular flexibility index (Phi) is 4.17. The van der Waals surface area contributed by atoms with Crippen LogP contribution in [0.2, 0.25) is 0 Å². The maximum atomic E-state index is 5.68. The van der Waals surface area contributed by atoms with Crippen molar-refractivity contribution >= 4 is 29.0 Å². The molecule has 0 radical (unpaired) electrons. The average molecular weight is 276 g/mol. The maximum absolute atomic E-state index is 5.68. The van der Waals surface area contributed by atoms with Crippen LogP contribution in [0.1, 0.15) is 5.56 Å². The SMILES string of the molecule is CSc1ccc(Oc2ncccc2C(N)=S)cc1. The second-order valence-electron chi connectivity index (χ2n) is 3.50. The highest BCUT2D eigenvalue weighted by Crippen LogP contribution is 2.25. The average Bonchev–Trinajstić information content (AvgIpc) is 2.40. The van der Waals surface area contributed by atoms with Crippen LogP contribution in [0.3, 0.4) is 0 Å². The van der Waals surface area contributed by atoms with Gasteiger partial charge in [-0.25, -0.2) is 4.98 Å². The molecule has 0 spiro atoms. The summed E-state index contributed by atoms with van der Waals surface area (Å²) in [4.78, 5) is 5.60. The van der Waals surface area contributed by atoms with Gasteiger partial charge in [0.2, 0.25) is 5.88 Å². The van der Waals surface area contributed by atoms with E-state index in [2.05, 4.69) is 4.98 Å². The first-order chi connectivity index (χ1) is 8.70. The van der Waals surface area contributed by atoms with Crippen LogP contribution < -0.4 is 10.5 Å². The van der Waals surface area contributed by atoms with E-state index in [1.807, 2.05) is 30.5 Å². The lowest BCUT2D eigenvalue weighted by Crippen LogP contribution is -2.11. The number of nitrogens with zero attached hydrogens (tertiary/aromatic N) is 1. The second kappa shape index (κ2) is 5.84. The summed E-state index contributed by atoms with van der Waals surface area (Å²) >= 11 is 6.64. The molecule has 2 rings (SSSR count). The zero-order valence-electron chi connectivity index (χ0n) is 9.79. The number of rotatable bonds is 4. The molecule has 0 fully saturated rings. The van der Waals surface area contributed by atoms with Crippen molar-refractivity contribution in [1.82, 2.24) is 4.98 Å². The number of nitrogens with two attached hydrogens (primary N) is 1. The number of hydrogen-bond acceptors (Lipinski definition) is 4. The van der Waals surface area contributed by atoms with Gasteiger partial charge < -0.3 is 10.5 Å². The second-order valence-corrected chi connectivity index (χ2v) is 4.82. The van der Waals surface area contributed by atoms with E-state index in [-0.39, 0.29) is 4.99 Å². The van der Waals surface area contributed by atoms with Gasteiger partial charge >= 0.3 is 0 Å². The Morgan fingerprint density at radius 1 is 1.28 bits per heavy atom. The minimum Gasteiger partial charge on any atom is -0.438 e. The molecule has 1 heterocycles. The molecule has 18 heavy (non-hydrogen) atoms. The molecule has 0 aliphatic carbocycles. The van der Waals surface area contributed by atoms with E-state index in [1.54, 1.807) is 30.1 Å². The molecule has 0 bridgehead atoms. The lowest BCUT2D eigenvalue weighted by atomic mass is 10.2. The smallest absolute Gasteiger partial charge is 0.229 e. The maximum Gasteiger partial charge on any atom is 0.229 e. The number of ether oxygens (including phenoxy) is 1. The number of hydrogen-bond donors (Lipinski definition) is 1. The van der Waals surface area contributed by atoms with E-state index in [4.69, 9.17) is 22.7 Å². The number of pyridine rings is 1. The van der Waals surface area contributed by atoms with Crippen molar-refractivity contribution in [2.75, 3.05) is 6.26 Å². The van der Waals surface area contributed by atoms with Gasteiger partial charge in [0.15, 0.2) is 0 Å². The molecule has 92 valence electrons. The third kappa shape index (κ3) is 3.00. The molecule has 0 amide bonds. The number of thiocarbonyl (C=S) groups is 1. The number of thioether (sulfide) groups is 1.